The van der Waals surface area contributed by atoms with Crippen LogP contribution in [0.1, 0.15) is 68.2 Å². The molecule has 0 saturated heterocycles. The van der Waals surface area contributed by atoms with Crippen molar-refractivity contribution in [2.75, 3.05) is 10.0 Å². The van der Waals surface area contributed by atoms with Gasteiger partial charge in [-0.25, -0.2) is 22.7 Å². The van der Waals surface area contributed by atoms with Crippen LogP contribution in [0.2, 0.25) is 0 Å². The van der Waals surface area contributed by atoms with Crippen molar-refractivity contribution in [2.45, 2.75) is 68.2 Å². The summed E-state index contributed by atoms with van der Waals surface area (Å²) in [5.41, 5.74) is 9.53. The Kier molecular flexibility index (Phi) is 27.6. The van der Waals surface area contributed by atoms with Crippen LogP contribution in [0.15, 0.2) is 307 Å². The average Bonchev–Trinajstić information content (AvgIpc) is 1.43. The first-order valence-electron chi connectivity index (χ1n) is 34.9. The van der Waals surface area contributed by atoms with Gasteiger partial charge in [-0.15, -0.1) is 76.8 Å². The van der Waals surface area contributed by atoms with E-state index in [1.54, 1.807) is 55.1 Å². The molecule has 0 spiro atoms. The van der Waals surface area contributed by atoms with Crippen molar-refractivity contribution >= 4 is 132 Å². The number of benzene rings is 9. The van der Waals surface area contributed by atoms with Crippen molar-refractivity contribution in [2.24, 2.45) is 21.0 Å². The van der Waals surface area contributed by atoms with Gasteiger partial charge in [0.15, 0.2) is 0 Å². The number of hydrogen-bond acceptors (Lipinski definition) is 14. The molecule has 2 aliphatic rings. The van der Waals surface area contributed by atoms with E-state index in [1.165, 1.54) is 46.3 Å². The van der Waals surface area contributed by atoms with E-state index >= 15 is 0 Å². The number of carbonyl (C=O) groups is 2. The van der Waals surface area contributed by atoms with Gasteiger partial charge in [0.05, 0.1) is 34.0 Å². The number of allylic oxidation sites excluding steroid dienone is 2. The van der Waals surface area contributed by atoms with Crippen LogP contribution in [-0.2, 0) is 69.9 Å². The summed E-state index contributed by atoms with van der Waals surface area (Å²) in [5.74, 6) is 0.382. The van der Waals surface area contributed by atoms with Gasteiger partial charge in [-0.3, -0.25) is 19.6 Å². The number of aliphatic hydroxyl groups is 2. The minimum absolute atomic E-state index is 0. The van der Waals surface area contributed by atoms with E-state index < -0.39 is 0 Å². The predicted molar refractivity (Wildman–Crippen MR) is 438 cm³/mol. The molecule has 2 amide bonds. The van der Waals surface area contributed by atoms with E-state index in [1.807, 2.05) is 212 Å². The van der Waals surface area contributed by atoms with Crippen LogP contribution in [0.4, 0.5) is 11.4 Å². The van der Waals surface area contributed by atoms with Gasteiger partial charge in [-0.05, 0) is 125 Å². The number of nitrogens with zero attached hydrogens (tertiary/aromatic N) is 11. The number of hydrazone groups is 2. The van der Waals surface area contributed by atoms with Crippen molar-refractivity contribution in [3.63, 3.8) is 0 Å². The molecule has 110 heavy (non-hydrogen) atoms. The van der Waals surface area contributed by atoms with Crippen molar-refractivity contribution in [3.8, 4) is 32.7 Å². The molecule has 0 bridgehead atoms. The number of para-hydroxylation sites is 4. The molecule has 0 atom stereocenters. The van der Waals surface area contributed by atoms with E-state index in [2.05, 4.69) is 148 Å². The van der Waals surface area contributed by atoms with Gasteiger partial charge in [0.25, 0.3) is 11.8 Å². The van der Waals surface area contributed by atoms with E-state index in [0.29, 0.717) is 52.6 Å². The van der Waals surface area contributed by atoms with E-state index in [0.717, 1.165) is 65.1 Å². The average molecular weight is 2020 g/mol. The zero-order chi connectivity index (χ0) is 74.6. The molecule has 16 aromatic rings. The summed E-state index contributed by atoms with van der Waals surface area (Å²) in [6.45, 7) is 15.6. The van der Waals surface area contributed by atoms with Crippen LogP contribution < -0.4 is 15.0 Å². The molecular weight excluding hydrogens is 1940 g/mol. The normalized spacial score (nSPS) is 13.3. The number of imidazole rings is 1. The summed E-state index contributed by atoms with van der Waals surface area (Å²) in [4.78, 5) is 57.9. The number of aromatic nitrogens is 7. The fourth-order valence-electron chi connectivity index (χ4n) is 12.2. The first-order chi connectivity index (χ1) is 51.8. The van der Waals surface area contributed by atoms with Gasteiger partial charge in [-0.1, -0.05) is 204 Å². The van der Waals surface area contributed by atoms with E-state index in [9.17, 15) is 19.8 Å². The third kappa shape index (κ3) is 19.6. The molecule has 3 radical (unpaired) electrons. The van der Waals surface area contributed by atoms with Crippen LogP contribution in [0.5, 0.6) is 0 Å². The van der Waals surface area contributed by atoms with Crippen LogP contribution in [0.25, 0.3) is 107 Å². The Bertz CT molecular complexity index is 5460. The van der Waals surface area contributed by atoms with Gasteiger partial charge in [-0.2, -0.15) is 20.2 Å². The molecule has 9 aromatic carbocycles. The van der Waals surface area contributed by atoms with Crippen LogP contribution in [0.3, 0.4) is 0 Å². The molecule has 2 N–H and O–H groups in total. The second-order valence-corrected chi connectivity index (χ2v) is 29.7. The molecule has 0 saturated carbocycles. The summed E-state index contributed by atoms with van der Waals surface area (Å²) < 4.78 is 2.52. The van der Waals surface area contributed by atoms with Gasteiger partial charge < -0.3 is 35.1 Å². The molecule has 15 nitrogen and oxygen atoms in total. The minimum Gasteiger partial charge on any atom is -0.511 e. The van der Waals surface area contributed by atoms with Crippen LogP contribution >= 0.6 is 22.7 Å². The smallest absolute Gasteiger partial charge is 0.284 e. The molecule has 0 aliphatic carbocycles. The number of aliphatic hydroxyl groups excluding tert-OH is 2. The predicted octanol–water partition coefficient (Wildman–Crippen LogP) is 22.0. The first kappa shape index (κ1) is 81.8. The zero-order valence-corrected chi connectivity index (χ0v) is 70.2. The van der Waals surface area contributed by atoms with Crippen LogP contribution in [-0.4, -0.2) is 63.4 Å². The summed E-state index contributed by atoms with van der Waals surface area (Å²) in [7, 11) is 0. The van der Waals surface area contributed by atoms with E-state index in [4.69, 9.17) is 0 Å². The van der Waals surface area contributed by atoms with Crippen LogP contribution in [0, 0.1) is 29.0 Å². The Labute approximate surface area is 687 Å². The van der Waals surface area contributed by atoms with Gasteiger partial charge in [0.1, 0.15) is 22.7 Å². The molecule has 557 valence electrons. The molecule has 0 fully saturated rings. The molecule has 7 aromatic heterocycles. The molecule has 20 heteroatoms. The quantitative estimate of drug-likeness (QED) is 0.0666. The maximum Gasteiger partial charge on any atom is 0.284 e. The second-order valence-electron chi connectivity index (χ2n) is 27.6. The van der Waals surface area contributed by atoms with Gasteiger partial charge in [0, 0.05) is 121 Å². The van der Waals surface area contributed by atoms with Gasteiger partial charge in [0.2, 0.25) is 0 Å². The number of hydrogen-bond donors (Lipinski definition) is 2. The fourth-order valence-corrected chi connectivity index (χ4v) is 14.2. The molecule has 9 heterocycles. The molecular formula is C90H75Ir3N11O4S2-4. The van der Waals surface area contributed by atoms with Crippen molar-refractivity contribution in [1.29, 1.82) is 0 Å². The summed E-state index contributed by atoms with van der Waals surface area (Å²) in [6.07, 6.45) is 9.80. The Morgan fingerprint density at radius 1 is 0.445 bits per heavy atom. The first-order valence-corrected chi connectivity index (χ1v) is 36.5. The number of rotatable bonds is 7. The minimum atomic E-state index is -0.268. The van der Waals surface area contributed by atoms with E-state index in [-0.39, 0.29) is 94.5 Å². The summed E-state index contributed by atoms with van der Waals surface area (Å²) in [5, 5.41) is 41.0. The number of anilines is 2. The van der Waals surface area contributed by atoms with Gasteiger partial charge >= 0.3 is 0 Å². The Morgan fingerprint density at radius 2 is 0.918 bits per heavy atom. The SMILES string of the molecule is CC1=NN(c2ccccc2)C(=O)C1=C(O)CC(C)(C)C.CC1=NN(c2ccccc2)C(=O)C1=C(O)CC(C)(C)C.[Ir].[Ir].[Ir].[c-]1c(-c2ccccn2)sc2ccccc12.[c-]1c(-c2nccc3ccccc23)sc2ccccc12.[c-]1cccc2c1c1nccnc1c1ccccc21.c1ccc(-c2nc3ccccc3[n-]2)nc1. The molecule has 0 unspecified atom stereocenters. The third-order valence-electron chi connectivity index (χ3n) is 17.0. The van der Waals surface area contributed by atoms with Crippen molar-refractivity contribution < 1.29 is 80.1 Å². The number of fused-ring (bicyclic) bond motifs is 10. The monoisotopic (exact) mass is 2020 g/mol. The maximum absolute atomic E-state index is 12.4. The maximum atomic E-state index is 12.4. The topological polar surface area (TPSA) is 197 Å². The van der Waals surface area contributed by atoms with Crippen molar-refractivity contribution in [1.82, 2.24) is 34.9 Å². The second kappa shape index (κ2) is 37.1. The Hall–Kier alpha value is -10.8. The fraction of sp³-hybridized carbons (Fsp3) is 0.133. The molecule has 2 aliphatic heterocycles. The molecule has 18 rings (SSSR count). The number of thiophene rings is 2. The number of pyridine rings is 3. The summed E-state index contributed by atoms with van der Waals surface area (Å²) >= 11 is 3.48. The Morgan fingerprint density at radius 3 is 1.47 bits per heavy atom. The Balaban J connectivity index is 0.000000140. The zero-order valence-electron chi connectivity index (χ0n) is 61.3. The standard InChI is InChI=1S/C17H10NS.2C16H20N2O2.C16H9N2.C13H8NS.C12H8N3.3Ir/c1-3-7-14-12(5-1)9-10-18-17(14)16-11-13-6-2-4-8-15(13)19-16;2*1-11-14(13(19)10-16(2,3)4)15(20)18(17-11)12-8-6-5-7-9-12;1-3-7-13-11(5-1)12-6-2-4-8-14(12)16-15(13)17-9-10-18-16;1-2-7-12-10(5-1)9-13(15-12)11-6-3-4-8-14-11;1-2-6-10-9(5-1)14-12(15-10)11-7-3-4-8-13-11;;;/h1-10H;2*5-9,19H,10H2,1-4H3;1-7,9-10H;2*1-8H;;;/q-1;;;3*-1;;;. The summed E-state index contributed by atoms with van der Waals surface area (Å²) in [6, 6.07) is 89.4. The third-order valence-corrected chi connectivity index (χ3v) is 19.1. The largest absolute Gasteiger partial charge is 0.511 e. The van der Waals surface area contributed by atoms with Crippen molar-refractivity contribution in [3.05, 3.63) is 315 Å². The number of carbonyl (C=O) groups excluding carboxylic acids is 2. The number of amides is 2.